The van der Waals surface area contributed by atoms with E-state index in [1.807, 2.05) is 24.3 Å². The van der Waals surface area contributed by atoms with Crippen molar-refractivity contribution < 1.29 is 4.79 Å². The zero-order chi connectivity index (χ0) is 18.5. The van der Waals surface area contributed by atoms with Gasteiger partial charge in [-0.3, -0.25) is 4.79 Å². The van der Waals surface area contributed by atoms with Crippen molar-refractivity contribution in [2.75, 3.05) is 5.32 Å². The monoisotopic (exact) mass is 401 g/mol. The summed E-state index contributed by atoms with van der Waals surface area (Å²) >= 11 is 13.8. The number of carbonyl (C=O) groups excluding carboxylic acids is 1. The van der Waals surface area contributed by atoms with Crippen molar-refractivity contribution in [1.29, 1.82) is 0 Å². The summed E-state index contributed by atoms with van der Waals surface area (Å²) in [6.45, 7) is 2.08. The van der Waals surface area contributed by atoms with Crippen LogP contribution in [0.4, 0.5) is 5.69 Å². The molecule has 0 bridgehead atoms. The fourth-order valence-corrected chi connectivity index (χ4v) is 3.53. The van der Waals surface area contributed by atoms with Gasteiger partial charge in [-0.1, -0.05) is 53.0 Å². The van der Waals surface area contributed by atoms with Gasteiger partial charge in [0.2, 0.25) is 0 Å². The molecule has 2 nitrogen and oxygen atoms in total. The number of halogens is 2. The molecule has 3 rings (SSSR count). The maximum Gasteiger partial charge on any atom is 0.255 e. The highest BCUT2D eigenvalue weighted by Crippen LogP contribution is 2.26. The Bertz CT molecular complexity index is 908. The van der Waals surface area contributed by atoms with E-state index in [1.54, 1.807) is 30.0 Å². The smallest absolute Gasteiger partial charge is 0.255 e. The quantitative estimate of drug-likeness (QED) is 0.473. The molecule has 0 fully saturated rings. The van der Waals surface area contributed by atoms with E-state index < -0.39 is 0 Å². The molecule has 0 saturated heterocycles. The number of aryl methyl sites for hydroxylation is 1. The molecule has 0 aliphatic rings. The average Bonchev–Trinajstić information content (AvgIpc) is 2.64. The van der Waals surface area contributed by atoms with Gasteiger partial charge in [-0.2, -0.15) is 0 Å². The van der Waals surface area contributed by atoms with Crippen LogP contribution in [0.15, 0.2) is 71.6 Å². The number of hydrogen-bond donors (Lipinski definition) is 1. The number of rotatable bonds is 5. The van der Waals surface area contributed by atoms with Crippen molar-refractivity contribution in [3.05, 3.63) is 93.5 Å². The second-order valence-corrected chi connectivity index (χ2v) is 7.77. The Morgan fingerprint density at radius 1 is 0.962 bits per heavy atom. The molecule has 0 saturated carbocycles. The second-order valence-electron chi connectivity index (χ2n) is 5.88. The molecule has 0 unspecified atom stereocenters. The van der Waals surface area contributed by atoms with E-state index >= 15 is 0 Å². The first-order valence-corrected chi connectivity index (χ1v) is 9.80. The minimum Gasteiger partial charge on any atom is -0.321 e. The third kappa shape index (κ3) is 5.04. The molecule has 0 heterocycles. The van der Waals surface area contributed by atoms with Gasteiger partial charge < -0.3 is 5.32 Å². The third-order valence-electron chi connectivity index (χ3n) is 3.82. The molecule has 1 amide bonds. The molecule has 0 aliphatic heterocycles. The lowest BCUT2D eigenvalue weighted by atomic mass is 10.1. The van der Waals surface area contributed by atoms with E-state index in [0.29, 0.717) is 21.3 Å². The Morgan fingerprint density at radius 2 is 1.65 bits per heavy atom. The van der Waals surface area contributed by atoms with Crippen LogP contribution in [0.2, 0.25) is 10.0 Å². The van der Waals surface area contributed by atoms with E-state index in [-0.39, 0.29) is 5.91 Å². The maximum absolute atomic E-state index is 12.4. The molecule has 132 valence electrons. The van der Waals surface area contributed by atoms with Crippen LogP contribution in [0, 0.1) is 6.92 Å². The highest BCUT2D eigenvalue weighted by atomic mass is 35.5. The first-order valence-electron chi connectivity index (χ1n) is 8.06. The summed E-state index contributed by atoms with van der Waals surface area (Å²) in [6, 6.07) is 21.0. The van der Waals surface area contributed by atoms with Gasteiger partial charge >= 0.3 is 0 Å². The van der Waals surface area contributed by atoms with Crippen LogP contribution in [0.1, 0.15) is 21.5 Å². The predicted octanol–water partition coefficient (Wildman–Crippen LogP) is 6.85. The maximum atomic E-state index is 12.4. The number of anilines is 1. The summed E-state index contributed by atoms with van der Waals surface area (Å²) in [6.07, 6.45) is 0. The molecule has 3 aromatic carbocycles. The molecular formula is C21H17Cl2NOS. The summed E-state index contributed by atoms with van der Waals surface area (Å²) in [5.74, 6) is 0.636. The fourth-order valence-electron chi connectivity index (χ4n) is 2.34. The minimum atomic E-state index is -0.216. The summed E-state index contributed by atoms with van der Waals surface area (Å²) in [5.41, 5.74) is 3.49. The van der Waals surface area contributed by atoms with E-state index in [2.05, 4.69) is 36.5 Å². The Morgan fingerprint density at radius 3 is 2.35 bits per heavy atom. The molecule has 0 aromatic heterocycles. The van der Waals surface area contributed by atoms with Gasteiger partial charge in [0.15, 0.2) is 0 Å². The molecule has 3 aromatic rings. The molecule has 0 radical (unpaired) electrons. The van der Waals surface area contributed by atoms with Gasteiger partial charge in [0.25, 0.3) is 5.91 Å². The number of hydrogen-bond acceptors (Lipinski definition) is 2. The van der Waals surface area contributed by atoms with Crippen molar-refractivity contribution >= 4 is 46.6 Å². The van der Waals surface area contributed by atoms with Crippen LogP contribution in [-0.4, -0.2) is 5.91 Å². The number of thioether (sulfide) groups is 1. The topological polar surface area (TPSA) is 29.1 Å². The van der Waals surface area contributed by atoms with Gasteiger partial charge in [0, 0.05) is 21.2 Å². The van der Waals surface area contributed by atoms with Crippen LogP contribution >= 0.6 is 35.0 Å². The highest BCUT2D eigenvalue weighted by Gasteiger charge is 2.09. The van der Waals surface area contributed by atoms with Gasteiger partial charge in [-0.15, -0.1) is 11.8 Å². The van der Waals surface area contributed by atoms with Crippen LogP contribution in [-0.2, 0) is 5.75 Å². The summed E-state index contributed by atoms with van der Waals surface area (Å²) < 4.78 is 0. The van der Waals surface area contributed by atoms with Crippen molar-refractivity contribution in [2.24, 2.45) is 0 Å². The minimum absolute atomic E-state index is 0.216. The lowest BCUT2D eigenvalue weighted by Crippen LogP contribution is -2.12. The molecular weight excluding hydrogens is 385 g/mol. The zero-order valence-electron chi connectivity index (χ0n) is 14.1. The Labute approximate surface area is 167 Å². The number of benzene rings is 3. The first-order chi connectivity index (χ1) is 12.5. The number of amides is 1. The SMILES string of the molecule is Cc1ccc(SCc2ccc(C(=O)Nc3cc(Cl)ccc3Cl)cc2)cc1. The Balaban J connectivity index is 1.62. The highest BCUT2D eigenvalue weighted by molar-refractivity contribution is 7.98. The Hall–Kier alpha value is -1.94. The van der Waals surface area contributed by atoms with Crippen molar-refractivity contribution in [1.82, 2.24) is 0 Å². The summed E-state index contributed by atoms with van der Waals surface area (Å²) in [7, 11) is 0. The number of carbonyl (C=O) groups is 1. The van der Waals surface area contributed by atoms with E-state index in [0.717, 1.165) is 11.3 Å². The van der Waals surface area contributed by atoms with Crippen molar-refractivity contribution in [3.63, 3.8) is 0 Å². The average molecular weight is 402 g/mol. The molecule has 0 atom stereocenters. The van der Waals surface area contributed by atoms with Gasteiger partial charge in [-0.25, -0.2) is 0 Å². The van der Waals surface area contributed by atoms with Crippen molar-refractivity contribution in [3.8, 4) is 0 Å². The van der Waals surface area contributed by atoms with Crippen molar-refractivity contribution in [2.45, 2.75) is 17.6 Å². The lowest BCUT2D eigenvalue weighted by Gasteiger charge is -2.08. The van der Waals surface area contributed by atoms with Gasteiger partial charge in [0.05, 0.1) is 10.7 Å². The van der Waals surface area contributed by atoms with Crippen LogP contribution in [0.3, 0.4) is 0 Å². The largest absolute Gasteiger partial charge is 0.321 e. The molecule has 0 aliphatic carbocycles. The van der Waals surface area contributed by atoms with E-state index in [9.17, 15) is 4.79 Å². The fraction of sp³-hybridized carbons (Fsp3) is 0.0952. The second kappa shape index (κ2) is 8.63. The predicted molar refractivity (Wildman–Crippen MR) is 112 cm³/mol. The van der Waals surface area contributed by atoms with E-state index in [1.165, 1.54) is 10.5 Å². The molecule has 26 heavy (non-hydrogen) atoms. The number of nitrogens with one attached hydrogen (secondary N) is 1. The third-order valence-corrected chi connectivity index (χ3v) is 5.47. The van der Waals surface area contributed by atoms with Crippen LogP contribution in [0.5, 0.6) is 0 Å². The standard InChI is InChI=1S/C21H17Cl2NOS/c1-14-2-9-18(10-3-14)26-13-15-4-6-16(7-5-15)21(25)24-20-12-17(22)8-11-19(20)23/h2-12H,13H2,1H3,(H,24,25). The van der Waals surface area contributed by atoms with Gasteiger partial charge in [0.1, 0.15) is 0 Å². The zero-order valence-corrected chi connectivity index (χ0v) is 16.5. The van der Waals surface area contributed by atoms with Gasteiger partial charge in [-0.05, 0) is 55.0 Å². The summed E-state index contributed by atoms with van der Waals surface area (Å²) in [4.78, 5) is 13.6. The van der Waals surface area contributed by atoms with E-state index in [4.69, 9.17) is 23.2 Å². The Kier molecular flexibility index (Phi) is 6.25. The molecule has 1 N–H and O–H groups in total. The lowest BCUT2D eigenvalue weighted by molar-refractivity contribution is 0.102. The van der Waals surface area contributed by atoms with Crippen LogP contribution < -0.4 is 5.32 Å². The normalized spacial score (nSPS) is 10.6. The van der Waals surface area contributed by atoms with Crippen LogP contribution in [0.25, 0.3) is 0 Å². The first kappa shape index (κ1) is 18.8. The summed E-state index contributed by atoms with van der Waals surface area (Å²) in [5, 5.41) is 3.76. The molecule has 5 heteroatoms. The molecule has 0 spiro atoms.